The Labute approximate surface area is 145 Å². The fraction of sp³-hybridized carbons (Fsp3) is 0.444. The van der Waals surface area contributed by atoms with Crippen LogP contribution in [0.5, 0.6) is 5.75 Å². The van der Waals surface area contributed by atoms with E-state index >= 15 is 0 Å². The SMILES string of the molecule is Cc1ccc(OC[C@H]2CCCN(C(=O)c3ccn(C(F)F)n3)C2)cc1. The number of hydrogen-bond donors (Lipinski definition) is 0. The number of carbonyl (C=O) groups excluding carboxylic acids is 1. The lowest BCUT2D eigenvalue weighted by atomic mass is 9.98. The van der Waals surface area contributed by atoms with Crippen molar-refractivity contribution in [2.24, 2.45) is 5.92 Å². The van der Waals surface area contributed by atoms with Crippen molar-refractivity contribution in [3.8, 4) is 5.75 Å². The number of alkyl halides is 2. The third-order valence-electron chi connectivity index (χ3n) is 4.34. The molecule has 1 saturated heterocycles. The molecule has 2 aromatic rings. The molecule has 1 atom stereocenters. The molecular formula is C18H21F2N3O2. The van der Waals surface area contributed by atoms with Crippen molar-refractivity contribution < 1.29 is 18.3 Å². The molecule has 1 amide bonds. The predicted molar refractivity (Wildman–Crippen MR) is 88.8 cm³/mol. The lowest BCUT2D eigenvalue weighted by Crippen LogP contribution is -2.41. The van der Waals surface area contributed by atoms with E-state index in [-0.39, 0.29) is 17.5 Å². The Bertz CT molecular complexity index is 715. The van der Waals surface area contributed by atoms with Crippen LogP contribution in [0.3, 0.4) is 0 Å². The summed E-state index contributed by atoms with van der Waals surface area (Å²) in [7, 11) is 0. The minimum absolute atomic E-state index is 0.0559. The maximum Gasteiger partial charge on any atom is 0.333 e. The molecule has 1 aromatic carbocycles. The molecule has 25 heavy (non-hydrogen) atoms. The molecule has 1 aliphatic rings. The van der Waals surface area contributed by atoms with Gasteiger partial charge in [0.2, 0.25) is 0 Å². The van der Waals surface area contributed by atoms with Crippen LogP contribution in [0.4, 0.5) is 8.78 Å². The molecule has 0 bridgehead atoms. The van der Waals surface area contributed by atoms with Crippen LogP contribution in [-0.4, -0.2) is 40.3 Å². The van der Waals surface area contributed by atoms with Crippen molar-refractivity contribution in [3.63, 3.8) is 0 Å². The zero-order chi connectivity index (χ0) is 17.8. The summed E-state index contributed by atoms with van der Waals surface area (Å²) in [5.74, 6) is 0.723. The molecule has 7 heteroatoms. The predicted octanol–water partition coefficient (Wildman–Crippen LogP) is 3.52. The second-order valence-corrected chi connectivity index (χ2v) is 6.34. The number of benzene rings is 1. The van der Waals surface area contributed by atoms with Crippen molar-refractivity contribution in [1.82, 2.24) is 14.7 Å². The van der Waals surface area contributed by atoms with Crippen LogP contribution < -0.4 is 4.74 Å². The van der Waals surface area contributed by atoms with Crippen LogP contribution >= 0.6 is 0 Å². The molecular weight excluding hydrogens is 328 g/mol. The van der Waals surface area contributed by atoms with Gasteiger partial charge >= 0.3 is 6.55 Å². The number of hydrogen-bond acceptors (Lipinski definition) is 3. The van der Waals surface area contributed by atoms with Gasteiger partial charge in [-0.1, -0.05) is 17.7 Å². The zero-order valence-electron chi connectivity index (χ0n) is 14.1. The number of nitrogens with zero attached hydrogens (tertiary/aromatic N) is 3. The third kappa shape index (κ3) is 4.35. The van der Waals surface area contributed by atoms with Crippen molar-refractivity contribution >= 4 is 5.91 Å². The molecule has 1 aliphatic heterocycles. The number of likely N-dealkylation sites (tertiary alicyclic amines) is 1. The Balaban J connectivity index is 1.56. The maximum absolute atomic E-state index is 12.6. The van der Waals surface area contributed by atoms with Crippen LogP contribution in [0.15, 0.2) is 36.5 Å². The van der Waals surface area contributed by atoms with Crippen molar-refractivity contribution in [3.05, 3.63) is 47.8 Å². The fourth-order valence-corrected chi connectivity index (χ4v) is 2.96. The monoisotopic (exact) mass is 349 g/mol. The van der Waals surface area contributed by atoms with Gasteiger partial charge in [-0.25, -0.2) is 4.68 Å². The first-order chi connectivity index (χ1) is 12.0. The summed E-state index contributed by atoms with van der Waals surface area (Å²) in [5, 5.41) is 3.66. The van der Waals surface area contributed by atoms with Crippen LogP contribution in [0.2, 0.25) is 0 Å². The van der Waals surface area contributed by atoms with Gasteiger partial charge in [0.25, 0.3) is 5.91 Å². The first-order valence-electron chi connectivity index (χ1n) is 8.35. The highest BCUT2D eigenvalue weighted by atomic mass is 19.3. The summed E-state index contributed by atoms with van der Waals surface area (Å²) in [6.45, 7) is 0.967. The van der Waals surface area contributed by atoms with E-state index < -0.39 is 6.55 Å². The van der Waals surface area contributed by atoms with E-state index in [2.05, 4.69) is 5.10 Å². The van der Waals surface area contributed by atoms with Gasteiger partial charge in [0, 0.05) is 25.2 Å². The van der Waals surface area contributed by atoms with Gasteiger partial charge in [0.05, 0.1) is 6.61 Å². The molecule has 1 aromatic heterocycles. The lowest BCUT2D eigenvalue weighted by molar-refractivity contribution is 0.0535. The van der Waals surface area contributed by atoms with Crippen LogP contribution in [-0.2, 0) is 0 Å². The highest BCUT2D eigenvalue weighted by Gasteiger charge is 2.26. The topological polar surface area (TPSA) is 47.4 Å². The van der Waals surface area contributed by atoms with E-state index in [1.54, 1.807) is 4.90 Å². The maximum atomic E-state index is 12.6. The molecule has 0 N–H and O–H groups in total. The van der Waals surface area contributed by atoms with E-state index in [0.717, 1.165) is 24.8 Å². The minimum Gasteiger partial charge on any atom is -0.493 e. The van der Waals surface area contributed by atoms with Crippen molar-refractivity contribution in [1.29, 1.82) is 0 Å². The quantitative estimate of drug-likeness (QED) is 0.830. The second kappa shape index (κ2) is 7.63. The summed E-state index contributed by atoms with van der Waals surface area (Å²) in [6, 6.07) is 9.17. The standard InChI is InChI=1S/C18H21F2N3O2/c1-13-4-6-15(7-5-13)25-12-14-3-2-9-22(11-14)17(24)16-8-10-23(21-16)18(19)20/h4-8,10,14,18H,2-3,9,11-12H2,1H3/t14-/m0/s1. The van der Waals surface area contributed by atoms with Crippen LogP contribution in [0, 0.1) is 12.8 Å². The van der Waals surface area contributed by atoms with Gasteiger partial charge in [-0.05, 0) is 38.0 Å². The Morgan fingerprint density at radius 1 is 1.32 bits per heavy atom. The van der Waals surface area contributed by atoms with Gasteiger partial charge in [-0.2, -0.15) is 13.9 Å². The third-order valence-corrected chi connectivity index (χ3v) is 4.34. The van der Waals surface area contributed by atoms with E-state index in [1.165, 1.54) is 11.6 Å². The lowest BCUT2D eigenvalue weighted by Gasteiger charge is -2.32. The summed E-state index contributed by atoms with van der Waals surface area (Å²) < 4.78 is 31.5. The van der Waals surface area contributed by atoms with E-state index in [4.69, 9.17) is 4.74 Å². The number of aromatic nitrogens is 2. The van der Waals surface area contributed by atoms with Gasteiger partial charge in [0.1, 0.15) is 5.75 Å². The summed E-state index contributed by atoms with van der Waals surface area (Å²) in [6.07, 6.45) is 2.96. The fourth-order valence-electron chi connectivity index (χ4n) is 2.96. The Hall–Kier alpha value is -2.44. The highest BCUT2D eigenvalue weighted by molar-refractivity contribution is 5.92. The van der Waals surface area contributed by atoms with Gasteiger partial charge in [-0.3, -0.25) is 4.79 Å². The first kappa shape index (κ1) is 17.4. The molecule has 0 radical (unpaired) electrons. The van der Waals surface area contributed by atoms with Crippen molar-refractivity contribution in [2.75, 3.05) is 19.7 Å². The number of halogens is 2. The zero-order valence-corrected chi connectivity index (χ0v) is 14.1. The summed E-state index contributed by atoms with van der Waals surface area (Å²) in [4.78, 5) is 14.1. The van der Waals surface area contributed by atoms with Gasteiger partial charge < -0.3 is 9.64 Å². The van der Waals surface area contributed by atoms with Gasteiger partial charge in [0.15, 0.2) is 5.69 Å². The molecule has 0 unspecified atom stereocenters. The van der Waals surface area contributed by atoms with Crippen LogP contribution in [0.25, 0.3) is 0 Å². The highest BCUT2D eigenvalue weighted by Crippen LogP contribution is 2.21. The van der Waals surface area contributed by atoms with Gasteiger partial charge in [-0.15, -0.1) is 0 Å². The second-order valence-electron chi connectivity index (χ2n) is 6.34. The van der Waals surface area contributed by atoms with E-state index in [9.17, 15) is 13.6 Å². The molecule has 0 aliphatic carbocycles. The first-order valence-corrected chi connectivity index (χ1v) is 8.35. The number of aryl methyl sites for hydroxylation is 1. The molecule has 134 valence electrons. The Morgan fingerprint density at radius 3 is 2.76 bits per heavy atom. The smallest absolute Gasteiger partial charge is 0.333 e. The molecule has 3 rings (SSSR count). The number of rotatable bonds is 5. The molecule has 2 heterocycles. The number of amides is 1. The van der Waals surface area contributed by atoms with E-state index in [0.29, 0.717) is 24.4 Å². The number of piperidine rings is 1. The van der Waals surface area contributed by atoms with Crippen LogP contribution in [0.1, 0.15) is 35.4 Å². The number of ether oxygens (including phenoxy) is 1. The van der Waals surface area contributed by atoms with Crippen molar-refractivity contribution in [2.45, 2.75) is 26.3 Å². The normalized spacial score (nSPS) is 17.8. The summed E-state index contributed by atoms with van der Waals surface area (Å²) >= 11 is 0. The molecule has 1 fully saturated rings. The average molecular weight is 349 g/mol. The Morgan fingerprint density at radius 2 is 2.08 bits per heavy atom. The molecule has 0 spiro atoms. The van der Waals surface area contributed by atoms with E-state index in [1.807, 2.05) is 31.2 Å². The molecule has 0 saturated carbocycles. The Kier molecular flexibility index (Phi) is 5.31. The average Bonchev–Trinajstić information content (AvgIpc) is 3.11. The minimum atomic E-state index is -2.74. The molecule has 5 nitrogen and oxygen atoms in total. The number of carbonyl (C=O) groups is 1. The largest absolute Gasteiger partial charge is 0.493 e. The summed E-state index contributed by atoms with van der Waals surface area (Å²) in [5.41, 5.74) is 1.23.